The topological polar surface area (TPSA) is 58.8 Å². The third-order valence-corrected chi connectivity index (χ3v) is 3.35. The molecule has 1 amide bonds. The van der Waals surface area contributed by atoms with Gasteiger partial charge in [0.15, 0.2) is 0 Å². The summed E-state index contributed by atoms with van der Waals surface area (Å²) in [6, 6.07) is 7.33. The van der Waals surface area contributed by atoms with E-state index in [1.165, 1.54) is 0 Å². The number of benzene rings is 1. The summed E-state index contributed by atoms with van der Waals surface area (Å²) in [5, 5.41) is 0. The number of ether oxygens (including phenoxy) is 1. The Hall–Kier alpha value is -1.75. The van der Waals surface area contributed by atoms with E-state index >= 15 is 0 Å². The molecule has 1 aliphatic rings. The normalized spacial score (nSPS) is 16.4. The first-order valence-corrected chi connectivity index (χ1v) is 6.60. The molecule has 2 N–H and O–H groups in total. The van der Waals surface area contributed by atoms with Crippen LogP contribution >= 0.6 is 0 Å². The number of anilines is 1. The maximum absolute atomic E-state index is 12.0. The van der Waals surface area contributed by atoms with Crippen LogP contribution in [0.2, 0.25) is 0 Å². The molecule has 5 heteroatoms. The Labute approximate surface area is 113 Å². The fourth-order valence-corrected chi connectivity index (χ4v) is 2.07. The second kappa shape index (κ2) is 6.43. The minimum atomic E-state index is 0.155. The van der Waals surface area contributed by atoms with Crippen molar-refractivity contribution in [1.82, 2.24) is 9.80 Å². The first-order chi connectivity index (χ1) is 9.16. The predicted octanol–water partition coefficient (Wildman–Crippen LogP) is 0.812. The number of nitrogens with zero attached hydrogens (tertiary/aromatic N) is 2. The fourth-order valence-electron chi connectivity index (χ4n) is 2.07. The van der Waals surface area contributed by atoms with Crippen LogP contribution in [0.5, 0.6) is 5.75 Å². The van der Waals surface area contributed by atoms with E-state index in [4.69, 9.17) is 10.5 Å². The van der Waals surface area contributed by atoms with Crippen molar-refractivity contribution in [2.45, 2.75) is 6.42 Å². The highest BCUT2D eigenvalue weighted by atomic mass is 16.5. The summed E-state index contributed by atoms with van der Waals surface area (Å²) in [7, 11) is 2.07. The molecule has 0 bridgehead atoms. The van der Waals surface area contributed by atoms with Crippen LogP contribution in [-0.2, 0) is 4.79 Å². The maximum Gasteiger partial charge on any atom is 0.226 e. The zero-order valence-corrected chi connectivity index (χ0v) is 11.3. The zero-order valence-electron chi connectivity index (χ0n) is 11.3. The van der Waals surface area contributed by atoms with Gasteiger partial charge in [0.25, 0.3) is 0 Å². The number of likely N-dealkylation sites (N-methyl/N-ethyl adjacent to an activating group) is 1. The van der Waals surface area contributed by atoms with Gasteiger partial charge in [0.1, 0.15) is 5.75 Å². The Bertz CT molecular complexity index is 428. The number of carbonyl (C=O) groups excluding carboxylic acids is 1. The lowest BCUT2D eigenvalue weighted by molar-refractivity contribution is -0.133. The van der Waals surface area contributed by atoms with E-state index in [0.717, 1.165) is 26.2 Å². The molecule has 0 radical (unpaired) electrons. The Morgan fingerprint density at radius 1 is 1.26 bits per heavy atom. The standard InChI is InChI=1S/C14H21N3O2/c1-16-7-9-17(10-8-16)14(18)6-11-19-13-5-3-2-4-12(13)15/h2-5H,6-11,15H2,1H3. The quantitative estimate of drug-likeness (QED) is 0.817. The van der Waals surface area contributed by atoms with Gasteiger partial charge in [0.05, 0.1) is 18.7 Å². The lowest BCUT2D eigenvalue weighted by atomic mass is 10.3. The number of para-hydroxylation sites is 2. The van der Waals surface area contributed by atoms with Crippen molar-refractivity contribution in [3.63, 3.8) is 0 Å². The summed E-state index contributed by atoms with van der Waals surface area (Å²) in [5.41, 5.74) is 6.38. The molecule has 0 atom stereocenters. The second-order valence-electron chi connectivity index (χ2n) is 4.82. The summed E-state index contributed by atoms with van der Waals surface area (Å²) in [6.45, 7) is 3.88. The van der Waals surface area contributed by atoms with Gasteiger partial charge in [-0.15, -0.1) is 0 Å². The van der Waals surface area contributed by atoms with Gasteiger partial charge in [0.2, 0.25) is 5.91 Å². The Balaban J connectivity index is 1.74. The van der Waals surface area contributed by atoms with Crippen LogP contribution < -0.4 is 10.5 Å². The van der Waals surface area contributed by atoms with Crippen molar-refractivity contribution in [1.29, 1.82) is 0 Å². The Kier molecular flexibility index (Phi) is 4.63. The molecule has 1 aromatic rings. The summed E-state index contributed by atoms with van der Waals surface area (Å²) in [4.78, 5) is 16.1. The lowest BCUT2D eigenvalue weighted by Crippen LogP contribution is -2.47. The fraction of sp³-hybridized carbons (Fsp3) is 0.500. The van der Waals surface area contributed by atoms with Crippen molar-refractivity contribution in [2.75, 3.05) is 45.6 Å². The van der Waals surface area contributed by atoms with E-state index in [-0.39, 0.29) is 5.91 Å². The van der Waals surface area contributed by atoms with Crippen LogP contribution in [0.25, 0.3) is 0 Å². The average molecular weight is 263 g/mol. The van der Waals surface area contributed by atoms with Gasteiger partial charge in [-0.2, -0.15) is 0 Å². The van der Waals surface area contributed by atoms with Gasteiger partial charge in [-0.3, -0.25) is 4.79 Å². The molecule has 19 heavy (non-hydrogen) atoms. The number of hydrogen-bond donors (Lipinski definition) is 1. The maximum atomic E-state index is 12.0. The third-order valence-electron chi connectivity index (χ3n) is 3.35. The van der Waals surface area contributed by atoms with E-state index < -0.39 is 0 Å². The molecule has 5 nitrogen and oxygen atoms in total. The third kappa shape index (κ3) is 3.86. The summed E-state index contributed by atoms with van der Waals surface area (Å²) < 4.78 is 5.54. The molecule has 0 aliphatic carbocycles. The van der Waals surface area contributed by atoms with Gasteiger partial charge < -0.3 is 20.3 Å². The number of hydrogen-bond acceptors (Lipinski definition) is 4. The predicted molar refractivity (Wildman–Crippen MR) is 75.0 cm³/mol. The summed E-state index contributed by atoms with van der Waals surface area (Å²) >= 11 is 0. The highest BCUT2D eigenvalue weighted by Crippen LogP contribution is 2.19. The van der Waals surface area contributed by atoms with Gasteiger partial charge in [-0.1, -0.05) is 12.1 Å². The number of nitrogen functional groups attached to an aromatic ring is 1. The van der Waals surface area contributed by atoms with Gasteiger partial charge in [-0.25, -0.2) is 0 Å². The molecule has 0 spiro atoms. The molecule has 1 saturated heterocycles. The smallest absolute Gasteiger partial charge is 0.226 e. The van der Waals surface area contributed by atoms with Crippen LogP contribution in [-0.4, -0.2) is 55.5 Å². The van der Waals surface area contributed by atoms with E-state index in [0.29, 0.717) is 24.5 Å². The summed E-state index contributed by atoms with van der Waals surface area (Å²) in [5.74, 6) is 0.802. The van der Waals surface area contributed by atoms with Crippen LogP contribution in [0, 0.1) is 0 Å². The number of carbonyl (C=O) groups is 1. The largest absolute Gasteiger partial charge is 0.491 e. The first-order valence-electron chi connectivity index (χ1n) is 6.60. The van der Waals surface area contributed by atoms with E-state index in [1.54, 1.807) is 6.07 Å². The molecule has 2 rings (SSSR count). The van der Waals surface area contributed by atoms with Crippen molar-refractivity contribution in [3.8, 4) is 5.75 Å². The SMILES string of the molecule is CN1CCN(C(=O)CCOc2ccccc2N)CC1. The van der Waals surface area contributed by atoms with Crippen LogP contribution in [0.3, 0.4) is 0 Å². The lowest BCUT2D eigenvalue weighted by Gasteiger charge is -2.32. The van der Waals surface area contributed by atoms with Crippen molar-refractivity contribution in [2.24, 2.45) is 0 Å². The average Bonchev–Trinajstić information content (AvgIpc) is 2.41. The minimum absolute atomic E-state index is 0.155. The molecule has 104 valence electrons. The highest BCUT2D eigenvalue weighted by Gasteiger charge is 2.18. The van der Waals surface area contributed by atoms with E-state index in [1.807, 2.05) is 23.1 Å². The number of amides is 1. The Morgan fingerprint density at radius 3 is 2.63 bits per heavy atom. The van der Waals surface area contributed by atoms with Crippen molar-refractivity contribution in [3.05, 3.63) is 24.3 Å². The zero-order chi connectivity index (χ0) is 13.7. The van der Waals surface area contributed by atoms with Gasteiger partial charge in [-0.05, 0) is 19.2 Å². The Morgan fingerprint density at radius 2 is 1.95 bits per heavy atom. The van der Waals surface area contributed by atoms with Crippen LogP contribution in [0.15, 0.2) is 24.3 Å². The molecular weight excluding hydrogens is 242 g/mol. The number of nitrogens with two attached hydrogens (primary N) is 1. The molecule has 1 aromatic carbocycles. The second-order valence-corrected chi connectivity index (χ2v) is 4.82. The van der Waals surface area contributed by atoms with Crippen molar-refractivity contribution >= 4 is 11.6 Å². The highest BCUT2D eigenvalue weighted by molar-refractivity contribution is 5.76. The summed E-state index contributed by atoms with van der Waals surface area (Å²) in [6.07, 6.45) is 0.401. The van der Waals surface area contributed by atoms with Gasteiger partial charge >= 0.3 is 0 Å². The van der Waals surface area contributed by atoms with Crippen molar-refractivity contribution < 1.29 is 9.53 Å². The minimum Gasteiger partial charge on any atom is -0.491 e. The monoisotopic (exact) mass is 263 g/mol. The number of piperazine rings is 1. The first kappa shape index (κ1) is 13.7. The van der Waals surface area contributed by atoms with Crippen LogP contribution in [0.1, 0.15) is 6.42 Å². The molecule has 0 saturated carbocycles. The molecule has 1 heterocycles. The van der Waals surface area contributed by atoms with Crippen LogP contribution in [0.4, 0.5) is 5.69 Å². The number of rotatable bonds is 4. The molecule has 1 fully saturated rings. The van der Waals surface area contributed by atoms with Gasteiger partial charge in [0, 0.05) is 26.2 Å². The molecular formula is C14H21N3O2. The molecule has 1 aliphatic heterocycles. The van der Waals surface area contributed by atoms with E-state index in [9.17, 15) is 4.79 Å². The molecule has 0 aromatic heterocycles. The molecule has 0 unspecified atom stereocenters. The van der Waals surface area contributed by atoms with E-state index in [2.05, 4.69) is 11.9 Å².